The second kappa shape index (κ2) is 8.96. The number of carbonyl (C=O) groups excluding carboxylic acids is 1. The number of amides is 1. The monoisotopic (exact) mass is 443 g/mol. The van der Waals surface area contributed by atoms with Gasteiger partial charge in [0.2, 0.25) is 11.8 Å². The Hall–Kier alpha value is -3.73. The van der Waals surface area contributed by atoms with Gasteiger partial charge in [-0.1, -0.05) is 18.2 Å². The second-order valence-electron chi connectivity index (χ2n) is 6.50. The van der Waals surface area contributed by atoms with Gasteiger partial charge in [0.25, 0.3) is 15.9 Å². The predicted octanol–water partition coefficient (Wildman–Crippen LogP) is 2.56. The number of para-hydroxylation sites is 1. The second-order valence-corrected chi connectivity index (χ2v) is 8.16. The zero-order valence-corrected chi connectivity index (χ0v) is 18.1. The Bertz CT molecular complexity index is 1210. The number of rotatable bonds is 7. The maximum atomic E-state index is 13.1. The molecule has 0 spiro atoms. The summed E-state index contributed by atoms with van der Waals surface area (Å²) in [4.78, 5) is 24.1. The molecule has 31 heavy (non-hydrogen) atoms. The molecule has 0 bridgehead atoms. The van der Waals surface area contributed by atoms with E-state index < -0.39 is 15.9 Å². The van der Waals surface area contributed by atoms with Crippen LogP contribution >= 0.6 is 0 Å². The van der Waals surface area contributed by atoms with Crippen molar-refractivity contribution in [3.63, 3.8) is 0 Å². The number of nitrogens with zero attached hydrogens (tertiary/aromatic N) is 3. The molecule has 0 atom stereocenters. The number of hydrogen-bond donors (Lipinski definition) is 2. The number of methoxy groups -OCH3 is 2. The molecule has 10 nitrogen and oxygen atoms in total. The van der Waals surface area contributed by atoms with Gasteiger partial charge < -0.3 is 14.8 Å². The number of hydrogen-bond acceptors (Lipinski definition) is 8. The number of nitrogens with one attached hydrogen (secondary N) is 2. The van der Waals surface area contributed by atoms with Crippen molar-refractivity contribution in [3.8, 4) is 11.8 Å². The molecule has 2 aromatic heterocycles. The number of sulfonamides is 1. The fraction of sp³-hybridized carbons (Fsp3) is 0.200. The molecule has 0 aliphatic carbocycles. The highest BCUT2D eigenvalue weighted by atomic mass is 32.2. The fourth-order valence-electron chi connectivity index (χ4n) is 2.76. The number of aromatic nitrogens is 3. The van der Waals surface area contributed by atoms with E-state index in [-0.39, 0.29) is 28.0 Å². The van der Waals surface area contributed by atoms with Crippen LogP contribution in [0.2, 0.25) is 0 Å². The van der Waals surface area contributed by atoms with Gasteiger partial charge in [-0.25, -0.2) is 18.4 Å². The number of ether oxygens (including phenoxy) is 2. The van der Waals surface area contributed by atoms with E-state index in [1.807, 2.05) is 6.07 Å². The number of carbonyl (C=O) groups is 1. The van der Waals surface area contributed by atoms with Gasteiger partial charge in [-0.05, 0) is 31.0 Å². The molecular weight excluding hydrogens is 422 g/mol. The predicted molar refractivity (Wildman–Crippen MR) is 114 cm³/mol. The molecule has 1 amide bonds. The number of pyridine rings is 1. The molecule has 2 heterocycles. The minimum absolute atomic E-state index is 0.00626. The first-order valence-electron chi connectivity index (χ1n) is 9.05. The van der Waals surface area contributed by atoms with Crippen molar-refractivity contribution in [2.45, 2.75) is 18.7 Å². The van der Waals surface area contributed by atoms with Crippen molar-refractivity contribution in [1.82, 2.24) is 15.0 Å². The third kappa shape index (κ3) is 4.89. The van der Waals surface area contributed by atoms with Crippen molar-refractivity contribution in [3.05, 3.63) is 59.7 Å². The van der Waals surface area contributed by atoms with E-state index in [2.05, 4.69) is 25.0 Å². The van der Waals surface area contributed by atoms with Crippen LogP contribution in [-0.4, -0.2) is 43.5 Å². The molecule has 3 aromatic rings. The lowest BCUT2D eigenvalue weighted by Crippen LogP contribution is -2.18. The molecule has 0 aliphatic rings. The van der Waals surface area contributed by atoms with Gasteiger partial charge in [0.1, 0.15) is 0 Å². The van der Waals surface area contributed by atoms with Crippen molar-refractivity contribution in [2.24, 2.45) is 0 Å². The summed E-state index contributed by atoms with van der Waals surface area (Å²) in [6.45, 7) is 3.60. The summed E-state index contributed by atoms with van der Waals surface area (Å²) in [6.07, 6.45) is 3.90. The van der Waals surface area contributed by atoms with Crippen LogP contribution < -0.4 is 19.5 Å². The van der Waals surface area contributed by atoms with Crippen molar-refractivity contribution in [1.29, 1.82) is 0 Å². The Balaban J connectivity index is 1.94. The Morgan fingerprint density at radius 3 is 2.39 bits per heavy atom. The van der Waals surface area contributed by atoms with E-state index in [1.165, 1.54) is 38.9 Å². The number of anilines is 2. The van der Waals surface area contributed by atoms with Gasteiger partial charge in [0.05, 0.1) is 44.2 Å². The molecule has 162 valence electrons. The molecule has 1 aromatic carbocycles. The molecule has 2 N–H and O–H groups in total. The van der Waals surface area contributed by atoms with E-state index in [9.17, 15) is 13.2 Å². The van der Waals surface area contributed by atoms with E-state index >= 15 is 0 Å². The van der Waals surface area contributed by atoms with Crippen LogP contribution in [0.1, 0.15) is 21.6 Å². The third-order valence-electron chi connectivity index (χ3n) is 4.33. The summed E-state index contributed by atoms with van der Waals surface area (Å²) in [5, 5.41) is 2.55. The smallest absolute Gasteiger partial charge is 0.276 e. The van der Waals surface area contributed by atoms with E-state index in [0.29, 0.717) is 5.69 Å². The van der Waals surface area contributed by atoms with E-state index in [1.54, 1.807) is 26.0 Å². The minimum Gasteiger partial charge on any atom is -0.480 e. The van der Waals surface area contributed by atoms with Crippen LogP contribution in [0.15, 0.2) is 47.8 Å². The van der Waals surface area contributed by atoms with Crippen LogP contribution in [0.3, 0.4) is 0 Å². The summed E-state index contributed by atoms with van der Waals surface area (Å²) in [5.74, 6) is -0.552. The Labute approximate surface area is 179 Å². The van der Waals surface area contributed by atoms with Gasteiger partial charge in [-0.15, -0.1) is 0 Å². The van der Waals surface area contributed by atoms with Crippen LogP contribution in [-0.2, 0) is 10.0 Å². The average Bonchev–Trinajstić information content (AvgIpc) is 2.76. The summed E-state index contributed by atoms with van der Waals surface area (Å²) in [7, 11) is -1.36. The first-order valence-corrected chi connectivity index (χ1v) is 10.5. The highest BCUT2D eigenvalue weighted by Crippen LogP contribution is 2.29. The Morgan fingerprint density at radius 2 is 1.74 bits per heavy atom. The van der Waals surface area contributed by atoms with Crippen molar-refractivity contribution in [2.75, 3.05) is 24.3 Å². The molecule has 11 heteroatoms. The quantitative estimate of drug-likeness (QED) is 0.569. The topological polar surface area (TPSA) is 132 Å². The molecule has 0 radical (unpaired) electrons. The summed E-state index contributed by atoms with van der Waals surface area (Å²) >= 11 is 0. The van der Waals surface area contributed by atoms with E-state index in [4.69, 9.17) is 9.47 Å². The highest BCUT2D eigenvalue weighted by molar-refractivity contribution is 7.92. The standard InChI is InChI=1S/C20H21N5O5S/c1-12-6-5-7-13(2)18(12)25-31(27,28)16-8-14(9-22-20(16)30-4)23-19(26)15-10-21-11-17(24-15)29-3/h5-11,25H,1-4H3,(H,23,26). The normalized spacial score (nSPS) is 11.0. The van der Waals surface area contributed by atoms with E-state index in [0.717, 1.165) is 11.1 Å². The lowest BCUT2D eigenvalue weighted by atomic mass is 10.1. The molecule has 0 unspecified atom stereocenters. The van der Waals surface area contributed by atoms with Crippen LogP contribution in [0.4, 0.5) is 11.4 Å². The van der Waals surface area contributed by atoms with Gasteiger partial charge in [-0.3, -0.25) is 14.5 Å². The first kappa shape index (κ1) is 22.0. The Morgan fingerprint density at radius 1 is 1.03 bits per heavy atom. The van der Waals surface area contributed by atoms with Gasteiger partial charge in [0, 0.05) is 0 Å². The van der Waals surface area contributed by atoms with Crippen molar-refractivity contribution >= 4 is 27.3 Å². The molecule has 0 saturated heterocycles. The fourth-order valence-corrected chi connectivity index (χ4v) is 4.11. The number of aryl methyl sites for hydroxylation is 2. The largest absolute Gasteiger partial charge is 0.480 e. The lowest BCUT2D eigenvalue weighted by Gasteiger charge is -2.15. The average molecular weight is 443 g/mol. The molecule has 0 aliphatic heterocycles. The van der Waals surface area contributed by atoms with Crippen molar-refractivity contribution < 1.29 is 22.7 Å². The Kier molecular flexibility index (Phi) is 6.35. The third-order valence-corrected chi connectivity index (χ3v) is 5.68. The lowest BCUT2D eigenvalue weighted by molar-refractivity contribution is 0.102. The SMILES string of the molecule is COc1cncc(C(=O)Nc2cnc(OC)c(S(=O)(=O)Nc3c(C)cccc3C)c2)n1. The molecule has 3 rings (SSSR count). The molecular formula is C20H21N5O5S. The van der Waals surface area contributed by atoms with Gasteiger partial charge >= 0.3 is 0 Å². The maximum Gasteiger partial charge on any atom is 0.276 e. The van der Waals surface area contributed by atoms with Crippen LogP contribution in [0.25, 0.3) is 0 Å². The van der Waals surface area contributed by atoms with Gasteiger partial charge in [0.15, 0.2) is 10.6 Å². The molecule has 0 saturated carbocycles. The number of benzene rings is 1. The first-order chi connectivity index (χ1) is 14.7. The van der Waals surface area contributed by atoms with Gasteiger partial charge in [-0.2, -0.15) is 0 Å². The summed E-state index contributed by atoms with van der Waals surface area (Å²) in [5.41, 5.74) is 2.12. The highest BCUT2D eigenvalue weighted by Gasteiger charge is 2.24. The molecule has 0 fully saturated rings. The maximum absolute atomic E-state index is 13.1. The minimum atomic E-state index is -4.07. The van der Waals surface area contributed by atoms with Crippen LogP contribution in [0, 0.1) is 13.8 Å². The summed E-state index contributed by atoms with van der Waals surface area (Å²) < 4.78 is 38.8. The summed E-state index contributed by atoms with van der Waals surface area (Å²) in [6, 6.07) is 6.69. The zero-order valence-electron chi connectivity index (χ0n) is 17.3. The van der Waals surface area contributed by atoms with Crippen LogP contribution in [0.5, 0.6) is 11.8 Å². The zero-order chi connectivity index (χ0) is 22.6.